The molecule has 18 heavy (non-hydrogen) atoms. The SMILES string of the molecule is O=C1C=C2C=C(OCc3ccccc3)C=C2CO1. The minimum Gasteiger partial charge on any atom is -0.489 e. The summed E-state index contributed by atoms with van der Waals surface area (Å²) < 4.78 is 10.6. The summed E-state index contributed by atoms with van der Waals surface area (Å²) in [4.78, 5) is 11.1. The van der Waals surface area contributed by atoms with Crippen molar-refractivity contribution in [1.82, 2.24) is 0 Å². The van der Waals surface area contributed by atoms with E-state index in [1.807, 2.05) is 42.5 Å². The van der Waals surface area contributed by atoms with E-state index in [9.17, 15) is 4.79 Å². The highest BCUT2D eigenvalue weighted by Gasteiger charge is 2.20. The van der Waals surface area contributed by atoms with E-state index in [0.29, 0.717) is 13.2 Å². The smallest absolute Gasteiger partial charge is 0.331 e. The Morgan fingerprint density at radius 2 is 1.94 bits per heavy atom. The minimum absolute atomic E-state index is 0.289. The molecule has 3 heteroatoms. The van der Waals surface area contributed by atoms with Crippen LogP contribution in [-0.2, 0) is 20.9 Å². The van der Waals surface area contributed by atoms with E-state index in [1.165, 1.54) is 6.08 Å². The van der Waals surface area contributed by atoms with Crippen LogP contribution in [0.5, 0.6) is 0 Å². The van der Waals surface area contributed by atoms with Crippen LogP contribution in [0.25, 0.3) is 0 Å². The molecular weight excluding hydrogens is 228 g/mol. The van der Waals surface area contributed by atoms with Gasteiger partial charge in [-0.2, -0.15) is 0 Å². The molecule has 0 bridgehead atoms. The highest BCUT2D eigenvalue weighted by molar-refractivity contribution is 5.87. The van der Waals surface area contributed by atoms with Crippen molar-refractivity contribution in [3.63, 3.8) is 0 Å². The predicted molar refractivity (Wildman–Crippen MR) is 66.4 cm³/mol. The summed E-state index contributed by atoms with van der Waals surface area (Å²) >= 11 is 0. The van der Waals surface area contributed by atoms with Crippen molar-refractivity contribution in [3.8, 4) is 0 Å². The van der Waals surface area contributed by atoms with E-state index in [1.54, 1.807) is 0 Å². The number of hydrogen-bond acceptors (Lipinski definition) is 3. The molecule has 0 saturated carbocycles. The lowest BCUT2D eigenvalue weighted by Gasteiger charge is -2.10. The molecule has 90 valence electrons. The second-order valence-corrected chi connectivity index (χ2v) is 4.20. The molecule has 1 aliphatic heterocycles. The molecular formula is C15H12O3. The molecule has 3 nitrogen and oxygen atoms in total. The van der Waals surface area contributed by atoms with Crippen LogP contribution >= 0.6 is 0 Å². The molecule has 1 aromatic carbocycles. The standard InChI is InChI=1S/C15H12O3/c16-15-8-12-6-14(7-13(12)10-18-15)17-9-11-4-2-1-3-5-11/h1-8H,9-10H2. The van der Waals surface area contributed by atoms with Crippen molar-refractivity contribution in [2.45, 2.75) is 6.61 Å². The van der Waals surface area contributed by atoms with Gasteiger partial charge in [0.1, 0.15) is 19.0 Å². The Kier molecular flexibility index (Phi) is 2.73. The molecule has 0 unspecified atom stereocenters. The van der Waals surface area contributed by atoms with Crippen LogP contribution in [-0.4, -0.2) is 12.6 Å². The Morgan fingerprint density at radius 3 is 2.78 bits per heavy atom. The van der Waals surface area contributed by atoms with Crippen molar-refractivity contribution >= 4 is 5.97 Å². The molecule has 3 rings (SSSR count). The zero-order valence-electron chi connectivity index (χ0n) is 9.76. The maximum Gasteiger partial charge on any atom is 0.331 e. The Labute approximate surface area is 105 Å². The number of fused-ring (bicyclic) bond motifs is 1. The summed E-state index contributed by atoms with van der Waals surface area (Å²) in [5.41, 5.74) is 3.01. The second-order valence-electron chi connectivity index (χ2n) is 4.20. The van der Waals surface area contributed by atoms with Crippen molar-refractivity contribution in [1.29, 1.82) is 0 Å². The Bertz CT molecular complexity index is 565. The maximum atomic E-state index is 11.1. The van der Waals surface area contributed by atoms with Gasteiger partial charge in [-0.05, 0) is 23.3 Å². The summed E-state index contributed by atoms with van der Waals surface area (Å²) in [5.74, 6) is 0.487. The summed E-state index contributed by atoms with van der Waals surface area (Å²) in [7, 11) is 0. The quantitative estimate of drug-likeness (QED) is 0.761. The van der Waals surface area contributed by atoms with Gasteiger partial charge in [-0.3, -0.25) is 0 Å². The van der Waals surface area contributed by atoms with Gasteiger partial charge in [0.25, 0.3) is 0 Å². The van der Waals surface area contributed by atoms with Crippen LogP contribution < -0.4 is 0 Å². The van der Waals surface area contributed by atoms with Crippen molar-refractivity contribution < 1.29 is 14.3 Å². The van der Waals surface area contributed by atoms with Crippen LogP contribution in [0, 0.1) is 0 Å². The van der Waals surface area contributed by atoms with Gasteiger partial charge in [0, 0.05) is 11.6 Å². The average molecular weight is 240 g/mol. The highest BCUT2D eigenvalue weighted by Crippen LogP contribution is 2.27. The third-order valence-electron chi connectivity index (χ3n) is 2.88. The van der Waals surface area contributed by atoms with E-state index < -0.39 is 0 Å². The predicted octanol–water partition coefficient (Wildman–Crippen LogP) is 2.51. The first-order valence-electron chi connectivity index (χ1n) is 5.79. The van der Waals surface area contributed by atoms with Crippen LogP contribution in [0.15, 0.2) is 65.5 Å². The molecule has 1 aromatic rings. The first-order valence-corrected chi connectivity index (χ1v) is 5.79. The van der Waals surface area contributed by atoms with Crippen molar-refractivity contribution in [3.05, 3.63) is 71.0 Å². The second kappa shape index (κ2) is 4.53. The number of allylic oxidation sites excluding steroid dienone is 2. The molecule has 1 heterocycles. The maximum absolute atomic E-state index is 11.1. The molecule has 0 aromatic heterocycles. The molecule has 0 amide bonds. The summed E-state index contributed by atoms with van der Waals surface area (Å²) in [5, 5.41) is 0. The van der Waals surface area contributed by atoms with Gasteiger partial charge in [-0.25, -0.2) is 4.79 Å². The molecule has 0 spiro atoms. The lowest BCUT2D eigenvalue weighted by atomic mass is 10.1. The van der Waals surface area contributed by atoms with Gasteiger partial charge < -0.3 is 9.47 Å². The number of rotatable bonds is 3. The molecule has 0 fully saturated rings. The van der Waals surface area contributed by atoms with Crippen molar-refractivity contribution in [2.24, 2.45) is 0 Å². The number of carbonyl (C=O) groups excluding carboxylic acids is 1. The lowest BCUT2D eigenvalue weighted by Crippen LogP contribution is -2.11. The molecule has 2 aliphatic rings. The van der Waals surface area contributed by atoms with E-state index in [2.05, 4.69) is 0 Å². The Morgan fingerprint density at radius 1 is 1.11 bits per heavy atom. The Hall–Kier alpha value is -2.29. The van der Waals surface area contributed by atoms with Gasteiger partial charge in [-0.15, -0.1) is 0 Å². The first kappa shape index (κ1) is 10.8. The topological polar surface area (TPSA) is 35.5 Å². The molecule has 1 aliphatic carbocycles. The normalized spacial score (nSPS) is 17.3. The van der Waals surface area contributed by atoms with E-state index in [0.717, 1.165) is 22.5 Å². The number of carbonyl (C=O) groups is 1. The van der Waals surface area contributed by atoms with Gasteiger partial charge in [0.05, 0.1) is 0 Å². The largest absolute Gasteiger partial charge is 0.489 e. The fraction of sp³-hybridized carbons (Fsp3) is 0.133. The van der Waals surface area contributed by atoms with Gasteiger partial charge >= 0.3 is 5.97 Å². The van der Waals surface area contributed by atoms with Crippen LogP contribution in [0.2, 0.25) is 0 Å². The number of cyclic esters (lactones) is 1. The monoisotopic (exact) mass is 240 g/mol. The zero-order valence-corrected chi connectivity index (χ0v) is 9.76. The Balaban J connectivity index is 1.69. The third-order valence-corrected chi connectivity index (χ3v) is 2.88. The highest BCUT2D eigenvalue weighted by atomic mass is 16.5. The minimum atomic E-state index is -0.289. The summed E-state index contributed by atoms with van der Waals surface area (Å²) in [6, 6.07) is 9.97. The summed E-state index contributed by atoms with van der Waals surface area (Å²) in [6.07, 6.45) is 5.29. The zero-order chi connectivity index (χ0) is 12.4. The third kappa shape index (κ3) is 2.20. The molecule has 0 atom stereocenters. The number of esters is 1. The van der Waals surface area contributed by atoms with E-state index >= 15 is 0 Å². The number of benzene rings is 1. The van der Waals surface area contributed by atoms with Gasteiger partial charge in [0.2, 0.25) is 0 Å². The number of hydrogen-bond donors (Lipinski definition) is 0. The number of ether oxygens (including phenoxy) is 2. The van der Waals surface area contributed by atoms with E-state index in [-0.39, 0.29) is 5.97 Å². The summed E-state index contributed by atoms with van der Waals surface area (Å²) in [6.45, 7) is 0.859. The lowest BCUT2D eigenvalue weighted by molar-refractivity contribution is -0.137. The van der Waals surface area contributed by atoms with E-state index in [4.69, 9.17) is 9.47 Å². The average Bonchev–Trinajstić information content (AvgIpc) is 2.79. The van der Waals surface area contributed by atoms with Crippen molar-refractivity contribution in [2.75, 3.05) is 6.61 Å². The molecule has 0 N–H and O–H groups in total. The van der Waals surface area contributed by atoms with Crippen LogP contribution in [0.1, 0.15) is 5.56 Å². The fourth-order valence-corrected chi connectivity index (χ4v) is 1.94. The molecule has 0 radical (unpaired) electrons. The first-order chi connectivity index (χ1) is 8.81. The fourth-order valence-electron chi connectivity index (χ4n) is 1.94. The van der Waals surface area contributed by atoms with Gasteiger partial charge in [0.15, 0.2) is 0 Å². The molecule has 0 saturated heterocycles. The van der Waals surface area contributed by atoms with Crippen LogP contribution in [0.3, 0.4) is 0 Å². The van der Waals surface area contributed by atoms with Crippen LogP contribution in [0.4, 0.5) is 0 Å². The van der Waals surface area contributed by atoms with Gasteiger partial charge in [-0.1, -0.05) is 30.3 Å².